The molecule has 184 valence electrons. The molecule has 3 aromatic rings. The second-order valence-electron chi connectivity index (χ2n) is 8.59. The number of ether oxygens (including phenoxy) is 2. The number of benzene rings is 2. The average Bonchev–Trinajstić information content (AvgIpc) is 3.16. The zero-order valence-electron chi connectivity index (χ0n) is 20.5. The van der Waals surface area contributed by atoms with Crippen molar-refractivity contribution in [2.75, 3.05) is 20.0 Å². The third kappa shape index (κ3) is 4.89. The van der Waals surface area contributed by atoms with Crippen molar-refractivity contribution in [1.82, 2.24) is 9.13 Å². The molecule has 0 aliphatic heterocycles. The van der Waals surface area contributed by atoms with Crippen LogP contribution in [-0.4, -0.2) is 38.8 Å². The molecule has 0 unspecified atom stereocenters. The smallest absolute Gasteiger partial charge is 0.376 e. The maximum absolute atomic E-state index is 13.8. The van der Waals surface area contributed by atoms with Crippen LogP contribution in [0, 0.1) is 11.5 Å². The molecule has 35 heavy (non-hydrogen) atoms. The minimum atomic E-state index is -0.0229. The summed E-state index contributed by atoms with van der Waals surface area (Å²) in [4.78, 5) is 13.8. The number of fused-ring (bicyclic) bond motifs is 1. The van der Waals surface area contributed by atoms with Gasteiger partial charge in [0.05, 0.1) is 31.3 Å². The van der Waals surface area contributed by atoms with E-state index < -0.39 is 0 Å². The third-order valence-electron chi connectivity index (χ3n) is 6.57. The van der Waals surface area contributed by atoms with E-state index in [1.54, 1.807) is 13.2 Å². The molecule has 0 saturated heterocycles. The highest BCUT2D eigenvalue weighted by atomic mass is 32.2. The predicted molar refractivity (Wildman–Crippen MR) is 140 cm³/mol. The number of hydrogen-bond donors (Lipinski definition) is 1. The molecule has 0 amide bonds. The van der Waals surface area contributed by atoms with E-state index in [1.165, 1.54) is 22.8 Å². The molecule has 1 saturated carbocycles. The lowest BCUT2D eigenvalue weighted by atomic mass is 9.95. The molecule has 0 radical (unpaired) electrons. The number of nitrogens with two attached hydrogens (primary N) is 1. The summed E-state index contributed by atoms with van der Waals surface area (Å²) in [5.74, 6) is 1.36. The van der Waals surface area contributed by atoms with Crippen molar-refractivity contribution in [3.63, 3.8) is 0 Å². The highest BCUT2D eigenvalue weighted by Gasteiger charge is 2.24. The lowest BCUT2D eigenvalue weighted by Gasteiger charge is -2.23. The van der Waals surface area contributed by atoms with Gasteiger partial charge in [-0.3, -0.25) is 9.13 Å². The lowest BCUT2D eigenvalue weighted by Crippen LogP contribution is -2.29. The van der Waals surface area contributed by atoms with Crippen molar-refractivity contribution < 1.29 is 14.0 Å². The summed E-state index contributed by atoms with van der Waals surface area (Å²) in [6.45, 7) is 2.87. The first-order valence-corrected chi connectivity index (χ1v) is 13.2. The van der Waals surface area contributed by atoms with Crippen LogP contribution in [0.5, 0.6) is 11.5 Å². The fourth-order valence-electron chi connectivity index (χ4n) is 4.86. The van der Waals surface area contributed by atoms with Gasteiger partial charge in [-0.25, -0.2) is 4.79 Å². The van der Waals surface area contributed by atoms with Crippen molar-refractivity contribution in [2.45, 2.75) is 51.6 Å². The van der Waals surface area contributed by atoms with E-state index in [4.69, 9.17) is 15.2 Å². The minimum Gasteiger partial charge on any atom is -0.496 e. The Hall–Kier alpha value is -3.38. The summed E-state index contributed by atoms with van der Waals surface area (Å²) in [7, 11) is 1.59. The molecule has 9 heteroatoms. The lowest BCUT2D eigenvalue weighted by molar-refractivity contribution is -0.337. The standard InChI is InChI=1S/C26H31N5O3S/c1-4-34-21-12-13-22-23(15-21)31(19-8-6-5-7-9-19)26(32)29(22)16-18-10-11-20(14-24(18)33-2)30(17-27)25(28)35-3/h10-15,19,28H,4-9,16H2,1-3H3/p+1. The quantitative estimate of drug-likeness (QED) is 0.170. The summed E-state index contributed by atoms with van der Waals surface area (Å²) >= 11 is 1.30. The first-order valence-electron chi connectivity index (χ1n) is 11.9. The number of aromatic nitrogens is 2. The Labute approximate surface area is 209 Å². The van der Waals surface area contributed by atoms with Gasteiger partial charge in [0.25, 0.3) is 5.17 Å². The van der Waals surface area contributed by atoms with Crippen molar-refractivity contribution in [1.29, 1.82) is 5.26 Å². The number of thioether (sulfide) groups is 1. The van der Waals surface area contributed by atoms with Crippen LogP contribution in [-0.2, 0) is 6.54 Å². The molecular formula is C26H32N5O3S+. The molecule has 0 bridgehead atoms. The van der Waals surface area contributed by atoms with Gasteiger partial charge in [0, 0.05) is 29.0 Å². The van der Waals surface area contributed by atoms with Crippen LogP contribution in [0.1, 0.15) is 50.6 Å². The van der Waals surface area contributed by atoms with E-state index in [1.807, 2.05) is 52.6 Å². The second-order valence-corrected chi connectivity index (χ2v) is 9.41. The number of amidine groups is 1. The molecule has 1 heterocycles. The topological polar surface area (TPSA) is 98.2 Å². The Balaban J connectivity index is 1.81. The van der Waals surface area contributed by atoms with Crippen LogP contribution < -0.4 is 20.9 Å². The second kappa shape index (κ2) is 10.9. The summed E-state index contributed by atoms with van der Waals surface area (Å²) in [6.07, 6.45) is 9.42. The van der Waals surface area contributed by atoms with Gasteiger partial charge in [0.15, 0.2) is 0 Å². The molecule has 1 aliphatic rings. The number of methoxy groups -OCH3 is 1. The number of nitrogens with zero attached hydrogens (tertiary/aromatic N) is 4. The molecule has 4 rings (SSSR count). The fraction of sp³-hybridized carbons (Fsp3) is 0.423. The predicted octanol–water partition coefficient (Wildman–Crippen LogP) is 4.57. The van der Waals surface area contributed by atoms with Gasteiger partial charge >= 0.3 is 11.9 Å². The summed E-state index contributed by atoms with van der Waals surface area (Å²) < 4.78 is 16.5. The van der Waals surface area contributed by atoms with Gasteiger partial charge < -0.3 is 15.2 Å². The Morgan fingerprint density at radius 3 is 2.63 bits per heavy atom. The van der Waals surface area contributed by atoms with E-state index in [0.29, 0.717) is 29.8 Å². The largest absolute Gasteiger partial charge is 0.496 e. The van der Waals surface area contributed by atoms with Crippen LogP contribution in [0.3, 0.4) is 0 Å². The summed E-state index contributed by atoms with van der Waals surface area (Å²) in [5, 5.41) is 9.93. The Bertz CT molecular complexity index is 1350. The summed E-state index contributed by atoms with van der Waals surface area (Å²) in [6, 6.07) is 11.5. The van der Waals surface area contributed by atoms with Crippen molar-refractivity contribution in [2.24, 2.45) is 5.73 Å². The van der Waals surface area contributed by atoms with E-state index in [9.17, 15) is 10.1 Å². The van der Waals surface area contributed by atoms with Crippen LogP contribution in [0.15, 0.2) is 41.2 Å². The van der Waals surface area contributed by atoms with E-state index in [0.717, 1.165) is 48.0 Å². The summed E-state index contributed by atoms with van der Waals surface area (Å²) in [5.41, 5.74) is 9.19. The van der Waals surface area contributed by atoms with Crippen molar-refractivity contribution in [3.8, 4) is 17.7 Å². The molecule has 0 atom stereocenters. The Kier molecular flexibility index (Phi) is 7.71. The molecular weight excluding hydrogens is 462 g/mol. The maximum Gasteiger partial charge on any atom is 0.376 e. The average molecular weight is 495 g/mol. The molecule has 1 aliphatic carbocycles. The molecule has 1 fully saturated rings. The van der Waals surface area contributed by atoms with E-state index in [2.05, 4.69) is 6.19 Å². The molecule has 1 aromatic heterocycles. The Morgan fingerprint density at radius 1 is 1.20 bits per heavy atom. The van der Waals surface area contributed by atoms with Crippen molar-refractivity contribution >= 4 is 33.7 Å². The Morgan fingerprint density at radius 2 is 1.97 bits per heavy atom. The highest BCUT2D eigenvalue weighted by Crippen LogP contribution is 2.32. The number of rotatable bonds is 7. The van der Waals surface area contributed by atoms with Gasteiger partial charge in [-0.15, -0.1) is 4.58 Å². The van der Waals surface area contributed by atoms with Gasteiger partial charge in [-0.1, -0.05) is 37.1 Å². The van der Waals surface area contributed by atoms with Crippen molar-refractivity contribution in [3.05, 3.63) is 52.4 Å². The highest BCUT2D eigenvalue weighted by molar-refractivity contribution is 8.12. The number of imidazole rings is 1. The van der Waals surface area contributed by atoms with Gasteiger partial charge in [0.2, 0.25) is 0 Å². The monoisotopic (exact) mass is 494 g/mol. The SMILES string of the molecule is CCOc1ccc2c(c1)n(C1CCCCC1)c(=O)n2Cc1ccc([N+](C#N)=C(N)SC)cc1OC. The van der Waals surface area contributed by atoms with Crippen LogP contribution >= 0.6 is 11.8 Å². The van der Waals surface area contributed by atoms with Gasteiger partial charge in [0.1, 0.15) is 17.2 Å². The minimum absolute atomic E-state index is 0.0229. The van der Waals surface area contributed by atoms with E-state index in [-0.39, 0.29) is 11.7 Å². The zero-order valence-corrected chi connectivity index (χ0v) is 21.3. The zero-order chi connectivity index (χ0) is 24.9. The normalized spacial score (nSPS) is 15.0. The number of hydrogen-bond acceptors (Lipinski definition) is 5. The van der Waals surface area contributed by atoms with Crippen LogP contribution in [0.4, 0.5) is 5.69 Å². The molecule has 2 aromatic carbocycles. The fourth-order valence-corrected chi connectivity index (χ4v) is 5.19. The number of nitriles is 1. The molecule has 2 N–H and O–H groups in total. The van der Waals surface area contributed by atoms with E-state index >= 15 is 0 Å². The van der Waals surface area contributed by atoms with Gasteiger partial charge in [-0.2, -0.15) is 0 Å². The third-order valence-corrected chi connectivity index (χ3v) is 7.17. The van der Waals surface area contributed by atoms with Crippen LogP contribution in [0.25, 0.3) is 11.0 Å². The molecule has 8 nitrogen and oxygen atoms in total. The van der Waals surface area contributed by atoms with Crippen LogP contribution in [0.2, 0.25) is 0 Å². The molecule has 0 spiro atoms. The maximum atomic E-state index is 13.8. The first-order chi connectivity index (χ1) is 17.0. The first kappa shape index (κ1) is 24.7. The van der Waals surface area contributed by atoms with Gasteiger partial charge in [-0.05, 0) is 44.2 Å².